The highest BCUT2D eigenvalue weighted by Gasteiger charge is 2.22. The van der Waals surface area contributed by atoms with Crippen molar-refractivity contribution < 1.29 is 14.3 Å². The van der Waals surface area contributed by atoms with Crippen LogP contribution in [-0.4, -0.2) is 18.7 Å². The van der Waals surface area contributed by atoms with E-state index in [1.54, 1.807) is 25.1 Å². The lowest BCUT2D eigenvalue weighted by atomic mass is 10.1. The average molecular weight is 286 g/mol. The SMILES string of the molecule is CCCC(Oc1cccc(Cl)c1CN)C(=O)OCC. The number of nitrogens with two attached hydrogens (primary N) is 1. The molecule has 0 radical (unpaired) electrons. The molecular weight excluding hydrogens is 266 g/mol. The van der Waals surface area contributed by atoms with Crippen LogP contribution >= 0.6 is 11.6 Å². The van der Waals surface area contributed by atoms with Crippen molar-refractivity contribution >= 4 is 17.6 Å². The smallest absolute Gasteiger partial charge is 0.347 e. The predicted octanol–water partition coefficient (Wildman–Crippen LogP) is 2.91. The maximum absolute atomic E-state index is 11.8. The Balaban J connectivity index is 2.90. The topological polar surface area (TPSA) is 61.5 Å². The molecule has 2 N–H and O–H groups in total. The van der Waals surface area contributed by atoms with Crippen LogP contribution in [0.3, 0.4) is 0 Å². The van der Waals surface area contributed by atoms with E-state index >= 15 is 0 Å². The zero-order valence-electron chi connectivity index (χ0n) is 11.3. The summed E-state index contributed by atoms with van der Waals surface area (Å²) < 4.78 is 10.7. The van der Waals surface area contributed by atoms with E-state index in [1.165, 1.54) is 0 Å². The van der Waals surface area contributed by atoms with Crippen LogP contribution < -0.4 is 10.5 Å². The predicted molar refractivity (Wildman–Crippen MR) is 75.3 cm³/mol. The fourth-order valence-electron chi connectivity index (χ4n) is 1.72. The number of carbonyl (C=O) groups is 1. The maximum Gasteiger partial charge on any atom is 0.347 e. The van der Waals surface area contributed by atoms with E-state index in [0.29, 0.717) is 29.4 Å². The number of hydrogen-bond acceptors (Lipinski definition) is 4. The van der Waals surface area contributed by atoms with Gasteiger partial charge in [0.25, 0.3) is 0 Å². The second-order valence-corrected chi connectivity index (χ2v) is 4.48. The van der Waals surface area contributed by atoms with E-state index in [1.807, 2.05) is 6.92 Å². The van der Waals surface area contributed by atoms with Crippen LogP contribution in [-0.2, 0) is 16.1 Å². The van der Waals surface area contributed by atoms with Crippen LogP contribution in [0.2, 0.25) is 5.02 Å². The number of benzene rings is 1. The molecule has 0 saturated carbocycles. The van der Waals surface area contributed by atoms with Gasteiger partial charge in [-0.1, -0.05) is 31.0 Å². The Morgan fingerprint density at radius 1 is 1.42 bits per heavy atom. The van der Waals surface area contributed by atoms with E-state index in [0.717, 1.165) is 6.42 Å². The van der Waals surface area contributed by atoms with Crippen molar-refractivity contribution in [2.45, 2.75) is 39.3 Å². The summed E-state index contributed by atoms with van der Waals surface area (Å²) in [5.74, 6) is 0.189. The Kier molecular flexibility index (Phi) is 6.67. The minimum Gasteiger partial charge on any atom is -0.478 e. The van der Waals surface area contributed by atoms with Crippen LogP contribution in [0.5, 0.6) is 5.75 Å². The Labute approximate surface area is 118 Å². The van der Waals surface area contributed by atoms with Crippen molar-refractivity contribution in [2.75, 3.05) is 6.61 Å². The molecule has 1 aromatic rings. The van der Waals surface area contributed by atoms with Crippen molar-refractivity contribution in [1.29, 1.82) is 0 Å². The van der Waals surface area contributed by atoms with E-state index in [4.69, 9.17) is 26.8 Å². The summed E-state index contributed by atoms with van der Waals surface area (Å²) in [6.45, 7) is 4.35. The zero-order chi connectivity index (χ0) is 14.3. The highest BCUT2D eigenvalue weighted by molar-refractivity contribution is 6.31. The standard InChI is InChI=1S/C14H20ClNO3/c1-3-6-13(14(17)18-4-2)19-12-8-5-7-11(15)10(12)9-16/h5,7-8,13H,3-4,6,9,16H2,1-2H3. The minimum absolute atomic E-state index is 0.261. The first-order chi connectivity index (χ1) is 9.13. The molecule has 0 amide bonds. The van der Waals surface area contributed by atoms with Gasteiger partial charge in [0, 0.05) is 17.1 Å². The third kappa shape index (κ3) is 4.40. The third-order valence-corrected chi connectivity index (χ3v) is 3.00. The molecule has 0 aromatic heterocycles. The molecule has 0 heterocycles. The largest absolute Gasteiger partial charge is 0.478 e. The molecule has 4 nitrogen and oxygen atoms in total. The number of ether oxygens (including phenoxy) is 2. The number of esters is 1. The molecule has 1 rings (SSSR count). The van der Waals surface area contributed by atoms with Gasteiger partial charge < -0.3 is 15.2 Å². The van der Waals surface area contributed by atoms with Gasteiger partial charge in [0.1, 0.15) is 5.75 Å². The molecule has 0 fully saturated rings. The summed E-state index contributed by atoms with van der Waals surface area (Å²) in [5.41, 5.74) is 6.36. The first kappa shape index (κ1) is 15.8. The summed E-state index contributed by atoms with van der Waals surface area (Å²) in [4.78, 5) is 11.8. The zero-order valence-corrected chi connectivity index (χ0v) is 12.1. The molecule has 1 aromatic carbocycles. The van der Waals surface area contributed by atoms with Gasteiger partial charge in [-0.2, -0.15) is 0 Å². The van der Waals surface area contributed by atoms with Crippen molar-refractivity contribution in [1.82, 2.24) is 0 Å². The molecule has 0 saturated heterocycles. The van der Waals surface area contributed by atoms with Gasteiger partial charge in [0.15, 0.2) is 6.10 Å². The Morgan fingerprint density at radius 2 is 2.16 bits per heavy atom. The number of rotatable bonds is 7. The quantitative estimate of drug-likeness (QED) is 0.783. The fraction of sp³-hybridized carbons (Fsp3) is 0.500. The number of hydrogen-bond donors (Lipinski definition) is 1. The first-order valence-electron chi connectivity index (χ1n) is 6.44. The summed E-state index contributed by atoms with van der Waals surface area (Å²) in [6.07, 6.45) is 0.797. The molecule has 106 valence electrons. The monoisotopic (exact) mass is 285 g/mol. The van der Waals surface area contributed by atoms with Crippen LogP contribution in [0.15, 0.2) is 18.2 Å². The lowest BCUT2D eigenvalue weighted by molar-refractivity contribution is -0.151. The molecule has 19 heavy (non-hydrogen) atoms. The molecule has 1 unspecified atom stereocenters. The summed E-state index contributed by atoms with van der Waals surface area (Å²) in [6, 6.07) is 5.27. The van der Waals surface area contributed by atoms with Crippen molar-refractivity contribution in [3.8, 4) is 5.75 Å². The van der Waals surface area contributed by atoms with Crippen molar-refractivity contribution in [3.05, 3.63) is 28.8 Å². The maximum atomic E-state index is 11.8. The Bertz CT molecular complexity index is 423. The first-order valence-corrected chi connectivity index (χ1v) is 6.82. The Hall–Kier alpha value is -1.26. The molecule has 1 atom stereocenters. The van der Waals surface area contributed by atoms with Gasteiger partial charge in [0.2, 0.25) is 0 Å². The molecule has 0 aliphatic carbocycles. The van der Waals surface area contributed by atoms with E-state index in [-0.39, 0.29) is 12.5 Å². The second kappa shape index (κ2) is 8.02. The number of halogens is 1. The van der Waals surface area contributed by atoms with Gasteiger partial charge in [-0.25, -0.2) is 4.79 Å². The van der Waals surface area contributed by atoms with Gasteiger partial charge >= 0.3 is 5.97 Å². The molecule has 0 aliphatic rings. The van der Waals surface area contributed by atoms with E-state index < -0.39 is 6.10 Å². The molecule has 5 heteroatoms. The summed E-state index contributed by atoms with van der Waals surface area (Å²) >= 11 is 6.05. The van der Waals surface area contributed by atoms with Crippen LogP contribution in [0.4, 0.5) is 0 Å². The fourth-order valence-corrected chi connectivity index (χ4v) is 1.97. The minimum atomic E-state index is -0.617. The highest BCUT2D eigenvalue weighted by atomic mass is 35.5. The Morgan fingerprint density at radius 3 is 2.74 bits per heavy atom. The number of carbonyl (C=O) groups excluding carboxylic acids is 1. The van der Waals surface area contributed by atoms with E-state index in [2.05, 4.69) is 0 Å². The summed E-state index contributed by atoms with van der Waals surface area (Å²) in [5, 5.41) is 0.541. The summed E-state index contributed by atoms with van der Waals surface area (Å²) in [7, 11) is 0. The van der Waals surface area contributed by atoms with Gasteiger partial charge in [-0.3, -0.25) is 0 Å². The third-order valence-electron chi connectivity index (χ3n) is 2.65. The normalized spacial score (nSPS) is 12.0. The highest BCUT2D eigenvalue weighted by Crippen LogP contribution is 2.27. The molecule has 0 spiro atoms. The molecule has 0 aliphatic heterocycles. The van der Waals surface area contributed by atoms with Gasteiger partial charge in [-0.15, -0.1) is 0 Å². The van der Waals surface area contributed by atoms with E-state index in [9.17, 15) is 4.79 Å². The van der Waals surface area contributed by atoms with Crippen LogP contribution in [0.25, 0.3) is 0 Å². The van der Waals surface area contributed by atoms with Gasteiger partial charge in [0.05, 0.1) is 6.61 Å². The lowest BCUT2D eigenvalue weighted by Gasteiger charge is -2.19. The lowest BCUT2D eigenvalue weighted by Crippen LogP contribution is -2.29. The van der Waals surface area contributed by atoms with Crippen LogP contribution in [0.1, 0.15) is 32.3 Å². The van der Waals surface area contributed by atoms with Crippen LogP contribution in [0, 0.1) is 0 Å². The van der Waals surface area contributed by atoms with Crippen molar-refractivity contribution in [3.63, 3.8) is 0 Å². The average Bonchev–Trinajstić information content (AvgIpc) is 2.38. The van der Waals surface area contributed by atoms with Crippen molar-refractivity contribution in [2.24, 2.45) is 5.73 Å². The molecule has 0 bridgehead atoms. The van der Waals surface area contributed by atoms with Gasteiger partial charge in [-0.05, 0) is 25.5 Å². The second-order valence-electron chi connectivity index (χ2n) is 4.07. The molecular formula is C14H20ClNO3.